The van der Waals surface area contributed by atoms with Crippen LogP contribution in [0.1, 0.15) is 11.1 Å². The zero-order valence-electron chi connectivity index (χ0n) is 11.5. The number of benzene rings is 2. The standard InChI is InChI=1S/C15H14F3NOS/c1-11-8-9-12(15(16,17)18)10-14(11)21(20,19-2)13-6-4-3-5-7-13/h3-10H,1-2H3. The van der Waals surface area contributed by atoms with Crippen LogP contribution in [0.25, 0.3) is 0 Å². The number of halogens is 3. The maximum absolute atomic E-state index is 13.1. The van der Waals surface area contributed by atoms with E-state index in [-0.39, 0.29) is 4.90 Å². The second kappa shape index (κ2) is 5.52. The zero-order valence-corrected chi connectivity index (χ0v) is 12.3. The predicted molar refractivity (Wildman–Crippen MR) is 75.6 cm³/mol. The van der Waals surface area contributed by atoms with Crippen molar-refractivity contribution >= 4 is 9.73 Å². The monoisotopic (exact) mass is 313 g/mol. The minimum Gasteiger partial charge on any atom is -0.240 e. The molecule has 0 saturated heterocycles. The van der Waals surface area contributed by atoms with Crippen LogP contribution in [0.3, 0.4) is 0 Å². The molecule has 0 aromatic heterocycles. The molecule has 0 aliphatic carbocycles. The first-order valence-electron chi connectivity index (χ1n) is 6.17. The Kier molecular flexibility index (Phi) is 4.09. The van der Waals surface area contributed by atoms with Crippen LogP contribution in [-0.2, 0) is 15.9 Å². The molecule has 0 spiro atoms. The van der Waals surface area contributed by atoms with E-state index < -0.39 is 21.5 Å². The van der Waals surface area contributed by atoms with Gasteiger partial charge in [0.25, 0.3) is 0 Å². The van der Waals surface area contributed by atoms with Gasteiger partial charge in [0.1, 0.15) is 9.73 Å². The van der Waals surface area contributed by atoms with Crippen molar-refractivity contribution in [2.45, 2.75) is 22.9 Å². The molecule has 0 bridgehead atoms. The Morgan fingerprint density at radius 2 is 1.67 bits per heavy atom. The molecule has 0 amide bonds. The number of alkyl halides is 3. The first-order valence-corrected chi connectivity index (χ1v) is 7.69. The van der Waals surface area contributed by atoms with Crippen molar-refractivity contribution in [3.8, 4) is 0 Å². The van der Waals surface area contributed by atoms with Gasteiger partial charge in [-0.05, 0) is 36.8 Å². The molecule has 0 heterocycles. The molecule has 2 aromatic rings. The first kappa shape index (κ1) is 15.6. The van der Waals surface area contributed by atoms with Gasteiger partial charge in [-0.1, -0.05) is 24.3 Å². The summed E-state index contributed by atoms with van der Waals surface area (Å²) in [5, 5.41) is 0. The molecule has 2 nitrogen and oxygen atoms in total. The van der Waals surface area contributed by atoms with Gasteiger partial charge in [-0.2, -0.15) is 13.2 Å². The maximum atomic E-state index is 13.1. The highest BCUT2D eigenvalue weighted by molar-refractivity contribution is 7.93. The van der Waals surface area contributed by atoms with Gasteiger partial charge in [0, 0.05) is 7.05 Å². The molecule has 2 aromatic carbocycles. The summed E-state index contributed by atoms with van der Waals surface area (Å²) in [6, 6.07) is 11.6. The van der Waals surface area contributed by atoms with E-state index in [4.69, 9.17) is 0 Å². The molecule has 1 atom stereocenters. The van der Waals surface area contributed by atoms with E-state index in [1.807, 2.05) is 0 Å². The van der Waals surface area contributed by atoms with Gasteiger partial charge in [0.05, 0.1) is 15.4 Å². The summed E-state index contributed by atoms with van der Waals surface area (Å²) in [5.41, 5.74) is -0.308. The van der Waals surface area contributed by atoms with Crippen molar-refractivity contribution in [2.24, 2.45) is 4.36 Å². The fourth-order valence-electron chi connectivity index (χ4n) is 2.01. The van der Waals surface area contributed by atoms with Crippen LogP contribution in [0.4, 0.5) is 13.2 Å². The van der Waals surface area contributed by atoms with Crippen molar-refractivity contribution in [1.29, 1.82) is 0 Å². The Morgan fingerprint density at radius 3 is 2.19 bits per heavy atom. The fourth-order valence-corrected chi connectivity index (χ4v) is 3.99. The molecule has 2 rings (SSSR count). The van der Waals surface area contributed by atoms with Crippen LogP contribution in [0.15, 0.2) is 62.7 Å². The Hall–Kier alpha value is -1.82. The molecule has 21 heavy (non-hydrogen) atoms. The third-order valence-corrected chi connectivity index (χ3v) is 5.59. The summed E-state index contributed by atoms with van der Waals surface area (Å²) < 4.78 is 55.6. The topological polar surface area (TPSA) is 29.4 Å². The average molecular weight is 313 g/mol. The van der Waals surface area contributed by atoms with Gasteiger partial charge in [0.15, 0.2) is 0 Å². The summed E-state index contributed by atoms with van der Waals surface area (Å²) in [7, 11) is -1.72. The molecule has 0 aliphatic heterocycles. The first-order chi connectivity index (χ1) is 9.79. The molecule has 6 heteroatoms. The van der Waals surface area contributed by atoms with Crippen LogP contribution in [-0.4, -0.2) is 11.3 Å². The molecular weight excluding hydrogens is 299 g/mol. The predicted octanol–water partition coefficient (Wildman–Crippen LogP) is 4.53. The lowest BCUT2D eigenvalue weighted by Crippen LogP contribution is -2.09. The number of rotatable bonds is 2. The molecular formula is C15H14F3NOS. The van der Waals surface area contributed by atoms with Crippen molar-refractivity contribution in [3.63, 3.8) is 0 Å². The van der Waals surface area contributed by atoms with E-state index >= 15 is 0 Å². The SMILES string of the molecule is CN=S(=O)(c1ccccc1)c1cc(C(F)(F)F)ccc1C. The van der Waals surface area contributed by atoms with E-state index in [9.17, 15) is 17.4 Å². The minimum atomic E-state index is -4.48. The van der Waals surface area contributed by atoms with Crippen molar-refractivity contribution in [3.05, 3.63) is 59.7 Å². The van der Waals surface area contributed by atoms with Crippen molar-refractivity contribution in [1.82, 2.24) is 0 Å². The normalized spacial score (nSPS) is 14.5. The van der Waals surface area contributed by atoms with E-state index in [2.05, 4.69) is 4.36 Å². The maximum Gasteiger partial charge on any atom is 0.416 e. The number of nitrogens with zero attached hydrogens (tertiary/aromatic N) is 1. The van der Waals surface area contributed by atoms with E-state index in [1.165, 1.54) is 13.1 Å². The number of hydrogen-bond acceptors (Lipinski definition) is 2. The van der Waals surface area contributed by atoms with Gasteiger partial charge in [-0.15, -0.1) is 0 Å². The lowest BCUT2D eigenvalue weighted by Gasteiger charge is -2.15. The van der Waals surface area contributed by atoms with Crippen LogP contribution in [0.2, 0.25) is 0 Å². The fraction of sp³-hybridized carbons (Fsp3) is 0.200. The lowest BCUT2D eigenvalue weighted by atomic mass is 10.1. The molecule has 0 N–H and O–H groups in total. The Balaban J connectivity index is 2.73. The average Bonchev–Trinajstić information content (AvgIpc) is 2.46. The third kappa shape index (κ3) is 2.95. The Labute approximate surface area is 121 Å². The van der Waals surface area contributed by atoms with Crippen LogP contribution >= 0.6 is 0 Å². The van der Waals surface area contributed by atoms with Gasteiger partial charge in [-0.25, -0.2) is 8.57 Å². The molecule has 0 saturated carbocycles. The summed E-state index contributed by atoms with van der Waals surface area (Å²) in [4.78, 5) is 0.501. The minimum absolute atomic E-state index is 0.103. The smallest absolute Gasteiger partial charge is 0.240 e. The van der Waals surface area contributed by atoms with Crippen LogP contribution in [0, 0.1) is 6.92 Å². The molecule has 112 valence electrons. The van der Waals surface area contributed by atoms with E-state index in [1.54, 1.807) is 37.3 Å². The van der Waals surface area contributed by atoms with E-state index in [0.29, 0.717) is 10.5 Å². The third-order valence-electron chi connectivity index (χ3n) is 3.13. The molecule has 0 fully saturated rings. The van der Waals surface area contributed by atoms with Gasteiger partial charge in [-0.3, -0.25) is 0 Å². The summed E-state index contributed by atoms with van der Waals surface area (Å²) in [5.74, 6) is 0. The highest BCUT2D eigenvalue weighted by Crippen LogP contribution is 2.34. The second-order valence-corrected chi connectivity index (χ2v) is 6.83. The second-order valence-electron chi connectivity index (χ2n) is 4.50. The number of aryl methyl sites for hydroxylation is 1. The molecule has 0 radical (unpaired) electrons. The molecule has 0 aliphatic rings. The summed E-state index contributed by atoms with van der Waals surface area (Å²) in [6.07, 6.45) is -4.48. The van der Waals surface area contributed by atoms with Gasteiger partial charge < -0.3 is 0 Å². The molecule has 1 unspecified atom stereocenters. The summed E-state index contributed by atoms with van der Waals surface area (Å²) >= 11 is 0. The summed E-state index contributed by atoms with van der Waals surface area (Å²) in [6.45, 7) is 1.63. The number of hydrogen-bond donors (Lipinski definition) is 0. The van der Waals surface area contributed by atoms with Gasteiger partial charge in [0.2, 0.25) is 0 Å². The quantitative estimate of drug-likeness (QED) is 0.801. The van der Waals surface area contributed by atoms with Crippen LogP contribution < -0.4 is 0 Å². The van der Waals surface area contributed by atoms with Crippen molar-refractivity contribution < 1.29 is 17.4 Å². The lowest BCUT2D eigenvalue weighted by molar-refractivity contribution is -0.137. The Bertz CT molecular complexity index is 760. The van der Waals surface area contributed by atoms with E-state index in [0.717, 1.165) is 12.1 Å². The highest BCUT2D eigenvalue weighted by atomic mass is 32.2. The Morgan fingerprint density at radius 1 is 1.05 bits per heavy atom. The largest absolute Gasteiger partial charge is 0.416 e. The highest BCUT2D eigenvalue weighted by Gasteiger charge is 2.32. The zero-order chi connectivity index (χ0) is 15.7. The van der Waals surface area contributed by atoms with Gasteiger partial charge >= 0.3 is 6.18 Å². The van der Waals surface area contributed by atoms with Crippen molar-refractivity contribution in [2.75, 3.05) is 7.05 Å². The van der Waals surface area contributed by atoms with Crippen LogP contribution in [0.5, 0.6) is 0 Å².